The first-order valence-corrected chi connectivity index (χ1v) is 8.56. The number of nitrogens with zero attached hydrogens (tertiary/aromatic N) is 2. The molecule has 5 nitrogen and oxygen atoms in total. The molecule has 1 aliphatic heterocycles. The van der Waals surface area contributed by atoms with Gasteiger partial charge in [-0.3, -0.25) is 0 Å². The number of benzene rings is 1. The van der Waals surface area contributed by atoms with Gasteiger partial charge >= 0.3 is 6.09 Å². The van der Waals surface area contributed by atoms with Gasteiger partial charge in [0, 0.05) is 13.1 Å². The van der Waals surface area contributed by atoms with Gasteiger partial charge in [-0.25, -0.2) is 4.79 Å². The molecule has 1 aromatic rings. The number of carbonyl (C=O) groups excluding carboxylic acids is 1. The number of ether oxygens (including phenoxy) is 2. The molecule has 0 unspecified atom stereocenters. The van der Waals surface area contributed by atoms with Crippen molar-refractivity contribution in [2.45, 2.75) is 32.8 Å². The zero-order valence-corrected chi connectivity index (χ0v) is 15.7. The summed E-state index contributed by atoms with van der Waals surface area (Å²) in [6, 6.07) is 7.32. The molecule has 0 saturated carbocycles. The molecule has 0 bridgehead atoms. The van der Waals surface area contributed by atoms with E-state index < -0.39 is 5.60 Å². The number of amides is 1. The van der Waals surface area contributed by atoms with E-state index in [1.165, 1.54) is 0 Å². The maximum absolute atomic E-state index is 12.0. The number of rotatable bonds is 3. The molecule has 0 aromatic heterocycles. The highest BCUT2D eigenvalue weighted by molar-refractivity contribution is 9.10. The lowest BCUT2D eigenvalue weighted by Crippen LogP contribution is -2.39. The largest absolute Gasteiger partial charge is 0.488 e. The molecular formula is C18H21BrN2O3. The van der Waals surface area contributed by atoms with Gasteiger partial charge in [0.05, 0.1) is 16.1 Å². The standard InChI is InChI=1S/C18H21BrN2O3/c1-18(2,3)24-17(22)21-8-6-13(7-9-21)12-23-16-5-4-14(11-20)10-15(16)19/h4-6,10H,7-9,12H2,1-3H3. The van der Waals surface area contributed by atoms with Gasteiger partial charge in [-0.15, -0.1) is 0 Å². The first-order chi connectivity index (χ1) is 11.3. The fourth-order valence-electron chi connectivity index (χ4n) is 2.19. The summed E-state index contributed by atoms with van der Waals surface area (Å²) in [5, 5.41) is 8.86. The van der Waals surface area contributed by atoms with E-state index in [9.17, 15) is 4.79 Å². The Morgan fingerprint density at radius 3 is 2.71 bits per heavy atom. The van der Waals surface area contributed by atoms with E-state index in [2.05, 4.69) is 22.0 Å². The number of carbonyl (C=O) groups is 1. The molecule has 1 heterocycles. The second kappa shape index (κ2) is 7.71. The van der Waals surface area contributed by atoms with Crippen molar-refractivity contribution < 1.29 is 14.3 Å². The van der Waals surface area contributed by atoms with Gasteiger partial charge < -0.3 is 14.4 Å². The van der Waals surface area contributed by atoms with Crippen molar-refractivity contribution in [1.82, 2.24) is 4.90 Å². The van der Waals surface area contributed by atoms with Crippen LogP contribution in [0.4, 0.5) is 4.79 Å². The minimum Gasteiger partial charge on any atom is -0.488 e. The van der Waals surface area contributed by atoms with Crippen LogP contribution in [0.25, 0.3) is 0 Å². The summed E-state index contributed by atoms with van der Waals surface area (Å²) in [5.41, 5.74) is 1.25. The lowest BCUT2D eigenvalue weighted by atomic mass is 10.1. The predicted molar refractivity (Wildman–Crippen MR) is 94.9 cm³/mol. The van der Waals surface area contributed by atoms with Crippen LogP contribution in [0.15, 0.2) is 34.3 Å². The molecule has 1 aromatic carbocycles. The Bertz CT molecular complexity index is 686. The quantitative estimate of drug-likeness (QED) is 0.720. The normalized spacial score (nSPS) is 14.6. The summed E-state index contributed by atoms with van der Waals surface area (Å²) in [4.78, 5) is 13.7. The van der Waals surface area contributed by atoms with Crippen LogP contribution >= 0.6 is 15.9 Å². The third-order valence-electron chi connectivity index (χ3n) is 3.43. The summed E-state index contributed by atoms with van der Waals surface area (Å²) in [6.07, 6.45) is 2.48. The molecule has 128 valence electrons. The maximum atomic E-state index is 12.0. The van der Waals surface area contributed by atoms with E-state index in [1.807, 2.05) is 26.8 Å². The minimum absolute atomic E-state index is 0.284. The third kappa shape index (κ3) is 5.27. The van der Waals surface area contributed by atoms with Crippen molar-refractivity contribution in [3.8, 4) is 11.8 Å². The van der Waals surface area contributed by atoms with Crippen molar-refractivity contribution in [3.05, 3.63) is 39.9 Å². The first-order valence-electron chi connectivity index (χ1n) is 7.77. The highest BCUT2D eigenvalue weighted by Crippen LogP contribution is 2.26. The molecule has 0 N–H and O–H groups in total. The smallest absolute Gasteiger partial charge is 0.410 e. The van der Waals surface area contributed by atoms with Crippen molar-refractivity contribution in [3.63, 3.8) is 0 Å². The topological polar surface area (TPSA) is 62.6 Å². The van der Waals surface area contributed by atoms with Crippen LogP contribution in [0.5, 0.6) is 5.75 Å². The third-order valence-corrected chi connectivity index (χ3v) is 4.05. The molecule has 6 heteroatoms. The lowest BCUT2D eigenvalue weighted by Gasteiger charge is -2.29. The Morgan fingerprint density at radius 2 is 2.17 bits per heavy atom. The summed E-state index contributed by atoms with van der Waals surface area (Å²) < 4.78 is 11.9. The number of hydrogen-bond acceptors (Lipinski definition) is 4. The molecule has 0 atom stereocenters. The van der Waals surface area contributed by atoms with Crippen molar-refractivity contribution in [2.24, 2.45) is 0 Å². The molecule has 1 aliphatic rings. The average Bonchev–Trinajstić information content (AvgIpc) is 2.52. The summed E-state index contributed by atoms with van der Waals surface area (Å²) in [5.74, 6) is 0.699. The maximum Gasteiger partial charge on any atom is 0.410 e. The molecule has 0 spiro atoms. The molecular weight excluding hydrogens is 372 g/mol. The van der Waals surface area contributed by atoms with E-state index in [4.69, 9.17) is 14.7 Å². The summed E-state index contributed by atoms with van der Waals surface area (Å²) >= 11 is 3.40. The number of nitriles is 1. The molecule has 0 aliphatic carbocycles. The lowest BCUT2D eigenvalue weighted by molar-refractivity contribution is 0.0264. The van der Waals surface area contributed by atoms with Gasteiger partial charge in [0.2, 0.25) is 0 Å². The first kappa shape index (κ1) is 18.3. The zero-order valence-electron chi connectivity index (χ0n) is 14.1. The van der Waals surface area contributed by atoms with E-state index >= 15 is 0 Å². The Hall–Kier alpha value is -2.00. The average molecular weight is 393 g/mol. The van der Waals surface area contributed by atoms with Crippen LogP contribution in [0.1, 0.15) is 32.8 Å². The van der Waals surface area contributed by atoms with Crippen LogP contribution in [-0.4, -0.2) is 36.3 Å². The van der Waals surface area contributed by atoms with E-state index in [0.717, 1.165) is 16.5 Å². The van der Waals surface area contributed by atoms with E-state index in [1.54, 1.807) is 23.1 Å². The molecule has 0 saturated heterocycles. The Labute approximate surface area is 151 Å². The Balaban J connectivity index is 1.88. The van der Waals surface area contributed by atoms with Crippen LogP contribution < -0.4 is 4.74 Å². The SMILES string of the molecule is CC(C)(C)OC(=O)N1CC=C(COc2ccc(C#N)cc2Br)CC1. The predicted octanol–water partition coefficient (Wildman–Crippen LogP) is 4.27. The van der Waals surface area contributed by atoms with Crippen molar-refractivity contribution >= 4 is 22.0 Å². The van der Waals surface area contributed by atoms with Gasteiger partial charge in [-0.1, -0.05) is 6.08 Å². The zero-order chi connectivity index (χ0) is 17.7. The van der Waals surface area contributed by atoms with Gasteiger partial charge in [0.15, 0.2) is 0 Å². The molecule has 0 fully saturated rings. The van der Waals surface area contributed by atoms with E-state index in [0.29, 0.717) is 31.0 Å². The molecule has 2 rings (SSSR count). The molecule has 0 radical (unpaired) electrons. The Morgan fingerprint density at radius 1 is 1.42 bits per heavy atom. The van der Waals surface area contributed by atoms with Gasteiger partial charge in [-0.2, -0.15) is 5.26 Å². The monoisotopic (exact) mass is 392 g/mol. The number of halogens is 1. The van der Waals surface area contributed by atoms with E-state index in [-0.39, 0.29) is 6.09 Å². The second-order valence-electron chi connectivity index (χ2n) is 6.58. The van der Waals surface area contributed by atoms with Crippen molar-refractivity contribution in [1.29, 1.82) is 5.26 Å². The Kier molecular flexibility index (Phi) is 5.89. The van der Waals surface area contributed by atoms with Crippen LogP contribution in [0, 0.1) is 11.3 Å². The minimum atomic E-state index is -0.480. The van der Waals surface area contributed by atoms with Crippen molar-refractivity contribution in [2.75, 3.05) is 19.7 Å². The van der Waals surface area contributed by atoms with Crippen LogP contribution in [0.2, 0.25) is 0 Å². The van der Waals surface area contributed by atoms with Gasteiger partial charge in [0.25, 0.3) is 0 Å². The number of hydrogen-bond donors (Lipinski definition) is 0. The fourth-order valence-corrected chi connectivity index (χ4v) is 2.69. The highest BCUT2D eigenvalue weighted by atomic mass is 79.9. The van der Waals surface area contributed by atoms with Crippen LogP contribution in [0.3, 0.4) is 0 Å². The summed E-state index contributed by atoms with van der Waals surface area (Å²) in [6.45, 7) is 7.20. The van der Waals surface area contributed by atoms with Gasteiger partial charge in [0.1, 0.15) is 18.0 Å². The molecule has 24 heavy (non-hydrogen) atoms. The van der Waals surface area contributed by atoms with Crippen LogP contribution in [-0.2, 0) is 4.74 Å². The molecule has 1 amide bonds. The highest BCUT2D eigenvalue weighted by Gasteiger charge is 2.23. The summed E-state index contributed by atoms with van der Waals surface area (Å²) in [7, 11) is 0. The van der Waals surface area contributed by atoms with Gasteiger partial charge in [-0.05, 0) is 66.9 Å². The second-order valence-corrected chi connectivity index (χ2v) is 7.44. The fraction of sp³-hybridized carbons (Fsp3) is 0.444.